The quantitative estimate of drug-likeness (QED) is 0.196. The van der Waals surface area contributed by atoms with Crippen LogP contribution in [-0.4, -0.2) is 109 Å². The molecule has 0 aromatic carbocycles. The minimum atomic E-state index is -2.46. The van der Waals surface area contributed by atoms with Crippen molar-refractivity contribution in [2.75, 3.05) is 27.9 Å². The molecule has 0 radical (unpaired) electrons. The van der Waals surface area contributed by atoms with Crippen molar-refractivity contribution in [3.05, 3.63) is 23.3 Å². The topological polar surface area (TPSA) is 164 Å². The van der Waals surface area contributed by atoms with Gasteiger partial charge in [0.05, 0.1) is 18.3 Å². The van der Waals surface area contributed by atoms with Crippen molar-refractivity contribution in [1.29, 1.82) is 0 Å². The number of Topliss-reactive ketones (excluding diaryl/α,β-unsaturated/α-hetero) is 2. The molecule has 12 atom stereocenters. The third kappa shape index (κ3) is 10.9. The van der Waals surface area contributed by atoms with Gasteiger partial charge in [-0.1, -0.05) is 45.4 Å². The number of nitrogens with two attached hydrogens (primary N) is 1. The van der Waals surface area contributed by atoms with E-state index >= 15 is 0 Å². The molecule has 2 bridgehead atoms. The first-order valence-corrected chi connectivity index (χ1v) is 20.7. The van der Waals surface area contributed by atoms with Gasteiger partial charge in [-0.2, -0.15) is 0 Å². The van der Waals surface area contributed by atoms with Gasteiger partial charge in [-0.15, -0.1) is 0 Å². The van der Waals surface area contributed by atoms with Crippen LogP contribution in [0.3, 0.4) is 0 Å². The Kier molecular flexibility index (Phi) is 16.3. The van der Waals surface area contributed by atoms with E-state index in [0.717, 1.165) is 30.4 Å². The number of cyclic esters (lactones) is 1. The normalized spacial score (nSPS) is 40.7. The summed E-state index contributed by atoms with van der Waals surface area (Å²) in [5.41, 5.74) is 8.13. The van der Waals surface area contributed by atoms with Gasteiger partial charge >= 0.3 is 5.97 Å². The lowest BCUT2D eigenvalue weighted by Crippen LogP contribution is -2.64. The van der Waals surface area contributed by atoms with E-state index in [1.54, 1.807) is 28.3 Å². The zero-order valence-corrected chi connectivity index (χ0v) is 35.0. The van der Waals surface area contributed by atoms with E-state index < -0.39 is 65.4 Å². The van der Waals surface area contributed by atoms with Gasteiger partial charge in [0.25, 0.3) is 11.7 Å². The van der Waals surface area contributed by atoms with Gasteiger partial charge in [-0.05, 0) is 108 Å². The number of hydrogen-bond donors (Lipinski definition) is 2. The first-order valence-electron chi connectivity index (χ1n) is 20.7. The fraction of sp³-hybridized carbons (Fsp3) is 0.814. The van der Waals surface area contributed by atoms with Crippen molar-refractivity contribution in [3.8, 4) is 0 Å². The summed E-state index contributed by atoms with van der Waals surface area (Å²) in [6, 6.07) is -1.04. The lowest BCUT2D eigenvalue weighted by molar-refractivity contribution is -0.302. The fourth-order valence-electron chi connectivity index (χ4n) is 9.54. The molecule has 2 saturated heterocycles. The van der Waals surface area contributed by atoms with Crippen LogP contribution in [0.25, 0.3) is 0 Å². The number of hydrogen-bond acceptors (Lipinski definition) is 11. The Bertz CT molecular complexity index is 1420. The number of piperidine rings is 1. The van der Waals surface area contributed by atoms with Gasteiger partial charge in [0.15, 0.2) is 0 Å². The van der Waals surface area contributed by atoms with Gasteiger partial charge in [-0.25, -0.2) is 4.79 Å². The predicted octanol–water partition coefficient (Wildman–Crippen LogP) is 5.61. The molecule has 4 aliphatic rings. The Morgan fingerprint density at radius 1 is 1.00 bits per heavy atom. The number of esters is 1. The second-order valence-corrected chi connectivity index (χ2v) is 17.3. The van der Waals surface area contributed by atoms with Crippen LogP contribution >= 0.6 is 0 Å². The Morgan fingerprint density at radius 2 is 1.69 bits per heavy atom. The number of carbonyl (C=O) groups excluding carboxylic acids is 4. The van der Waals surface area contributed by atoms with Gasteiger partial charge in [0.1, 0.15) is 24.0 Å². The average Bonchev–Trinajstić information content (AvgIpc) is 3.16. The summed E-state index contributed by atoms with van der Waals surface area (Å²) in [4.78, 5) is 57.7. The van der Waals surface area contributed by atoms with Crippen LogP contribution < -0.4 is 5.73 Å². The van der Waals surface area contributed by atoms with E-state index in [0.29, 0.717) is 57.8 Å². The highest BCUT2D eigenvalue weighted by atomic mass is 16.7. The lowest BCUT2D eigenvalue weighted by atomic mass is 9.78. The molecule has 3 fully saturated rings. The van der Waals surface area contributed by atoms with Gasteiger partial charge in [-0.3, -0.25) is 14.4 Å². The molecule has 3 aliphatic heterocycles. The highest BCUT2D eigenvalue weighted by Crippen LogP contribution is 2.39. The zero-order valence-electron chi connectivity index (χ0n) is 35.0. The van der Waals surface area contributed by atoms with Crippen molar-refractivity contribution >= 4 is 23.4 Å². The maximum atomic E-state index is 14.3. The number of ketones is 2. The SMILES string of the molecule is CCC1/C=C(\C)CC(C)CC(OC)C2OC(O)(C(=O)C(=O)N3CCCCC3C(=O)OC(C(C)=CC3(N)CCCC(OC)C3)C(C)CCC1=O)C(C)CC2OC. The standard InChI is InChI=1S/C43H70N2O10/c1-10-31-21-26(2)20-27(3)22-35(52-8)38-36(53-9)23-30(6)43(50,55-38)39(47)40(48)45-19-12-11-15-33(45)41(49)54-37(28(4)16-17-34(31)46)29(5)24-42(44)18-13-14-32(25-42)51-7/h21,24,27-28,30-33,35-38,50H,10-20,22-23,25,44H2,1-9H3/b26-21+,29-24?. The summed E-state index contributed by atoms with van der Waals surface area (Å²) in [7, 11) is 4.80. The molecule has 3 heterocycles. The third-order valence-electron chi connectivity index (χ3n) is 12.8. The first kappa shape index (κ1) is 45.2. The van der Waals surface area contributed by atoms with Gasteiger partial charge < -0.3 is 39.4 Å². The lowest BCUT2D eigenvalue weighted by Gasteiger charge is -2.47. The fourth-order valence-corrected chi connectivity index (χ4v) is 9.54. The molecule has 0 spiro atoms. The van der Waals surface area contributed by atoms with Crippen LogP contribution in [0, 0.1) is 23.7 Å². The Morgan fingerprint density at radius 3 is 2.35 bits per heavy atom. The number of ether oxygens (including phenoxy) is 5. The van der Waals surface area contributed by atoms with Gasteiger partial charge in [0.2, 0.25) is 5.79 Å². The van der Waals surface area contributed by atoms with Crippen molar-refractivity contribution in [2.45, 2.75) is 173 Å². The van der Waals surface area contributed by atoms with Crippen molar-refractivity contribution in [1.82, 2.24) is 4.90 Å². The number of allylic oxidation sites excluding steroid dienone is 2. The smallest absolute Gasteiger partial charge is 0.329 e. The van der Waals surface area contributed by atoms with E-state index in [1.807, 2.05) is 33.8 Å². The summed E-state index contributed by atoms with van der Waals surface area (Å²) in [5.74, 6) is -6.27. The maximum absolute atomic E-state index is 14.3. The third-order valence-corrected chi connectivity index (χ3v) is 12.8. The molecule has 55 heavy (non-hydrogen) atoms. The van der Waals surface area contributed by atoms with E-state index in [4.69, 9.17) is 29.4 Å². The summed E-state index contributed by atoms with van der Waals surface area (Å²) < 4.78 is 30.0. The van der Waals surface area contributed by atoms with Crippen LogP contribution in [0.4, 0.5) is 0 Å². The molecular formula is C43H70N2O10. The number of amides is 1. The van der Waals surface area contributed by atoms with Crippen LogP contribution in [0.15, 0.2) is 23.3 Å². The van der Waals surface area contributed by atoms with Crippen LogP contribution in [0.2, 0.25) is 0 Å². The average molecular weight is 775 g/mol. The number of carbonyl (C=O) groups is 4. The summed E-state index contributed by atoms with van der Waals surface area (Å²) in [5, 5.41) is 12.0. The first-order chi connectivity index (χ1) is 26.0. The summed E-state index contributed by atoms with van der Waals surface area (Å²) in [6.45, 7) is 11.8. The molecule has 312 valence electrons. The number of methoxy groups -OCH3 is 3. The van der Waals surface area contributed by atoms with E-state index in [-0.39, 0.29) is 42.6 Å². The van der Waals surface area contributed by atoms with Crippen LogP contribution in [0.5, 0.6) is 0 Å². The highest BCUT2D eigenvalue weighted by molar-refractivity contribution is 6.39. The number of nitrogens with zero attached hydrogens (tertiary/aromatic N) is 1. The Balaban J connectivity index is 1.75. The van der Waals surface area contributed by atoms with E-state index in [9.17, 15) is 24.3 Å². The maximum Gasteiger partial charge on any atom is 0.329 e. The molecule has 3 N–H and O–H groups in total. The number of rotatable bonds is 6. The molecule has 0 aromatic heterocycles. The largest absolute Gasteiger partial charge is 0.456 e. The summed E-state index contributed by atoms with van der Waals surface area (Å²) in [6.07, 6.45) is 9.09. The number of fused-ring (bicyclic) bond motifs is 3. The van der Waals surface area contributed by atoms with E-state index in [2.05, 4.69) is 13.0 Å². The van der Waals surface area contributed by atoms with Crippen molar-refractivity contribution in [3.63, 3.8) is 0 Å². The molecular weight excluding hydrogens is 704 g/mol. The zero-order chi connectivity index (χ0) is 40.7. The second kappa shape index (κ2) is 19.8. The predicted molar refractivity (Wildman–Crippen MR) is 209 cm³/mol. The molecule has 1 saturated carbocycles. The summed E-state index contributed by atoms with van der Waals surface area (Å²) >= 11 is 0. The van der Waals surface area contributed by atoms with Crippen molar-refractivity contribution < 1.29 is 48.0 Å². The Labute approximate surface area is 329 Å². The molecule has 12 nitrogen and oxygen atoms in total. The minimum absolute atomic E-state index is 0.0232. The molecule has 1 amide bonds. The van der Waals surface area contributed by atoms with Crippen LogP contribution in [0.1, 0.15) is 125 Å². The molecule has 12 heteroatoms. The minimum Gasteiger partial charge on any atom is -0.456 e. The molecule has 12 unspecified atom stereocenters. The van der Waals surface area contributed by atoms with E-state index in [1.165, 1.54) is 4.90 Å². The van der Waals surface area contributed by atoms with Crippen LogP contribution in [-0.2, 0) is 42.9 Å². The van der Waals surface area contributed by atoms with Crippen molar-refractivity contribution in [2.24, 2.45) is 29.4 Å². The second-order valence-electron chi connectivity index (χ2n) is 17.3. The highest BCUT2D eigenvalue weighted by Gasteiger charge is 2.56. The number of aliphatic hydroxyl groups is 1. The molecule has 0 aromatic rings. The monoisotopic (exact) mass is 775 g/mol. The molecule has 1 aliphatic carbocycles. The van der Waals surface area contributed by atoms with Gasteiger partial charge in [0, 0.05) is 51.7 Å². The Hall–Kier alpha value is -2.48. The molecule has 4 rings (SSSR count).